The summed E-state index contributed by atoms with van der Waals surface area (Å²) in [5, 5.41) is 2.05. The van der Waals surface area contributed by atoms with Crippen molar-refractivity contribution in [3.05, 3.63) is 29.3 Å². The largest absolute Gasteiger partial charge is 0.403 e. The molecule has 0 spiro atoms. The molecule has 0 atom stereocenters. The molecule has 7 heteroatoms. The molecule has 1 saturated carbocycles. The molecule has 1 amide bonds. The topological polar surface area (TPSA) is 29.1 Å². The molecule has 2 nitrogen and oxygen atoms in total. The van der Waals surface area contributed by atoms with Gasteiger partial charge in [-0.1, -0.05) is 13.8 Å². The minimum Gasteiger partial charge on any atom is -0.325 e. The van der Waals surface area contributed by atoms with Gasteiger partial charge in [0.05, 0.1) is 0 Å². The fraction of sp³-hybridized carbons (Fsp3) is 0.500. The molecule has 0 unspecified atom stereocenters. The highest BCUT2D eigenvalue weighted by molar-refractivity contribution is 5.97. The molecular weight excluding hydrogens is 293 g/mol. The molecule has 0 aromatic heterocycles. The Morgan fingerprint density at radius 2 is 1.81 bits per heavy atom. The van der Waals surface area contributed by atoms with E-state index in [4.69, 9.17) is 0 Å². The van der Waals surface area contributed by atoms with Crippen LogP contribution in [0, 0.1) is 17.0 Å². The van der Waals surface area contributed by atoms with Crippen molar-refractivity contribution in [2.24, 2.45) is 5.41 Å². The van der Waals surface area contributed by atoms with E-state index in [2.05, 4.69) is 0 Å². The molecule has 0 aliphatic heterocycles. The first-order valence-electron chi connectivity index (χ1n) is 6.45. The Balaban J connectivity index is 2.27. The van der Waals surface area contributed by atoms with Crippen molar-refractivity contribution in [3.8, 4) is 0 Å². The third-order valence-electron chi connectivity index (χ3n) is 3.66. The van der Waals surface area contributed by atoms with E-state index in [1.807, 2.05) is 5.32 Å². The third-order valence-corrected chi connectivity index (χ3v) is 3.66. The van der Waals surface area contributed by atoms with Gasteiger partial charge in [0, 0.05) is 11.8 Å². The summed E-state index contributed by atoms with van der Waals surface area (Å²) in [6, 6.07) is 1.85. The van der Waals surface area contributed by atoms with Gasteiger partial charge in [-0.15, -0.1) is 0 Å². The molecule has 0 radical (unpaired) electrons. The molecule has 0 saturated heterocycles. The van der Waals surface area contributed by atoms with Crippen molar-refractivity contribution < 1.29 is 26.7 Å². The highest BCUT2D eigenvalue weighted by Gasteiger charge is 2.68. The molecule has 1 aromatic rings. The highest BCUT2D eigenvalue weighted by atomic mass is 19.4. The van der Waals surface area contributed by atoms with E-state index < -0.39 is 29.1 Å². The molecule has 0 heterocycles. The first kappa shape index (κ1) is 15.7. The molecule has 21 heavy (non-hydrogen) atoms. The van der Waals surface area contributed by atoms with Crippen LogP contribution in [0.2, 0.25) is 0 Å². The van der Waals surface area contributed by atoms with Gasteiger partial charge in [0.1, 0.15) is 5.41 Å². The zero-order chi connectivity index (χ0) is 16.0. The third kappa shape index (κ3) is 2.73. The molecule has 1 aromatic carbocycles. The normalized spacial score (nSPS) is 17.0. The van der Waals surface area contributed by atoms with E-state index in [9.17, 15) is 26.7 Å². The number of hydrogen-bond acceptors (Lipinski definition) is 1. The molecule has 2 rings (SSSR count). The molecular formula is C14H14F5NO. The number of benzene rings is 1. The average Bonchev–Trinajstić information content (AvgIpc) is 3.13. The molecule has 1 aliphatic rings. The van der Waals surface area contributed by atoms with E-state index in [0.717, 1.165) is 6.07 Å². The Bertz CT molecular complexity index is 575. The molecule has 0 bridgehead atoms. The van der Waals surface area contributed by atoms with Crippen LogP contribution in [0.25, 0.3) is 0 Å². The summed E-state index contributed by atoms with van der Waals surface area (Å²) in [7, 11) is 0. The Kier molecular flexibility index (Phi) is 3.71. The highest BCUT2D eigenvalue weighted by Crippen LogP contribution is 2.58. The van der Waals surface area contributed by atoms with E-state index in [0.29, 0.717) is 6.07 Å². The second-order valence-corrected chi connectivity index (χ2v) is 5.55. The maximum Gasteiger partial charge on any atom is 0.403 e. The molecule has 116 valence electrons. The summed E-state index contributed by atoms with van der Waals surface area (Å²) in [5.41, 5.74) is -2.56. The first-order valence-corrected chi connectivity index (χ1v) is 6.45. The number of carbonyl (C=O) groups excluding carboxylic acids is 1. The number of alkyl halides is 3. The summed E-state index contributed by atoms with van der Waals surface area (Å²) in [6.07, 6.45) is -5.22. The van der Waals surface area contributed by atoms with Crippen LogP contribution >= 0.6 is 0 Å². The Morgan fingerprint density at radius 1 is 1.24 bits per heavy atom. The predicted molar refractivity (Wildman–Crippen MR) is 66.8 cm³/mol. The maximum absolute atomic E-state index is 13.5. The number of hydrogen-bond donors (Lipinski definition) is 1. The lowest BCUT2D eigenvalue weighted by molar-refractivity contribution is -0.189. The lowest BCUT2D eigenvalue weighted by atomic mass is 10.0. The van der Waals surface area contributed by atoms with Gasteiger partial charge >= 0.3 is 6.18 Å². The maximum atomic E-state index is 13.5. The SMILES string of the molecule is CC(C)c1cc(NC(=O)C2(C(F)(F)F)CC2)cc(F)c1F. The van der Waals surface area contributed by atoms with Crippen molar-refractivity contribution in [3.63, 3.8) is 0 Å². The summed E-state index contributed by atoms with van der Waals surface area (Å²) < 4.78 is 65.4. The Hall–Kier alpha value is -1.66. The standard InChI is InChI=1S/C14H14F5NO/c1-7(2)9-5-8(6-10(15)11(9)16)20-12(21)13(3-4-13)14(17,18)19/h5-7H,3-4H2,1-2H3,(H,20,21). The number of rotatable bonds is 3. The van der Waals surface area contributed by atoms with Crippen molar-refractivity contribution >= 4 is 11.6 Å². The van der Waals surface area contributed by atoms with Gasteiger partial charge in [-0.25, -0.2) is 8.78 Å². The lowest BCUT2D eigenvalue weighted by Crippen LogP contribution is -2.37. The summed E-state index contributed by atoms with van der Waals surface area (Å²) in [4.78, 5) is 11.8. The number of carbonyl (C=O) groups is 1. The van der Waals surface area contributed by atoms with Crippen molar-refractivity contribution in [1.29, 1.82) is 0 Å². The van der Waals surface area contributed by atoms with Crippen LogP contribution in [0.3, 0.4) is 0 Å². The van der Waals surface area contributed by atoms with E-state index in [1.165, 1.54) is 0 Å². The van der Waals surface area contributed by atoms with Gasteiger partial charge in [-0.3, -0.25) is 4.79 Å². The quantitative estimate of drug-likeness (QED) is 0.826. The summed E-state index contributed by atoms with van der Waals surface area (Å²) in [5.74, 6) is -3.85. The lowest BCUT2D eigenvalue weighted by Gasteiger charge is -2.19. The monoisotopic (exact) mass is 307 g/mol. The minimum absolute atomic E-state index is 0.00200. The zero-order valence-electron chi connectivity index (χ0n) is 11.4. The number of halogens is 5. The predicted octanol–water partition coefficient (Wildman–Crippen LogP) is 4.37. The fourth-order valence-electron chi connectivity index (χ4n) is 2.12. The average molecular weight is 307 g/mol. The minimum atomic E-state index is -4.64. The summed E-state index contributed by atoms with van der Waals surface area (Å²) in [6.45, 7) is 3.23. The van der Waals surface area contributed by atoms with E-state index >= 15 is 0 Å². The van der Waals surface area contributed by atoms with E-state index in [-0.39, 0.29) is 30.0 Å². The van der Waals surface area contributed by atoms with Gasteiger partial charge in [0.15, 0.2) is 11.6 Å². The van der Waals surface area contributed by atoms with Gasteiger partial charge < -0.3 is 5.32 Å². The van der Waals surface area contributed by atoms with Gasteiger partial charge in [0.2, 0.25) is 5.91 Å². The van der Waals surface area contributed by atoms with Crippen LogP contribution in [0.15, 0.2) is 12.1 Å². The van der Waals surface area contributed by atoms with Crippen molar-refractivity contribution in [1.82, 2.24) is 0 Å². The van der Waals surface area contributed by atoms with Gasteiger partial charge in [0.25, 0.3) is 0 Å². The van der Waals surface area contributed by atoms with E-state index in [1.54, 1.807) is 13.8 Å². The fourth-order valence-corrected chi connectivity index (χ4v) is 2.12. The van der Waals surface area contributed by atoms with Crippen LogP contribution in [0.1, 0.15) is 38.2 Å². The van der Waals surface area contributed by atoms with Crippen LogP contribution in [0.5, 0.6) is 0 Å². The Labute approximate surface area is 118 Å². The van der Waals surface area contributed by atoms with Gasteiger partial charge in [-0.2, -0.15) is 13.2 Å². The second kappa shape index (κ2) is 4.96. The van der Waals surface area contributed by atoms with Crippen LogP contribution < -0.4 is 5.32 Å². The number of anilines is 1. The second-order valence-electron chi connectivity index (χ2n) is 5.55. The molecule has 1 aliphatic carbocycles. The van der Waals surface area contributed by atoms with Crippen LogP contribution in [-0.2, 0) is 4.79 Å². The van der Waals surface area contributed by atoms with Gasteiger partial charge in [-0.05, 0) is 30.4 Å². The zero-order valence-corrected chi connectivity index (χ0v) is 11.4. The number of amides is 1. The molecule has 1 N–H and O–H groups in total. The smallest absolute Gasteiger partial charge is 0.325 e. The first-order chi connectivity index (χ1) is 9.58. The Morgan fingerprint density at radius 3 is 2.24 bits per heavy atom. The number of nitrogens with one attached hydrogen (secondary N) is 1. The van der Waals surface area contributed by atoms with Crippen LogP contribution in [0.4, 0.5) is 27.6 Å². The molecule has 1 fully saturated rings. The van der Waals surface area contributed by atoms with Crippen LogP contribution in [-0.4, -0.2) is 12.1 Å². The van der Waals surface area contributed by atoms with Crippen molar-refractivity contribution in [2.45, 2.75) is 38.8 Å². The van der Waals surface area contributed by atoms with Crippen molar-refractivity contribution in [2.75, 3.05) is 5.32 Å². The summed E-state index contributed by atoms with van der Waals surface area (Å²) >= 11 is 0.